The summed E-state index contributed by atoms with van der Waals surface area (Å²) in [7, 11) is 0. The zero-order valence-corrected chi connectivity index (χ0v) is 29.5. The minimum absolute atomic E-state index is 0.0481. The Morgan fingerprint density at radius 1 is 0.327 bits per heavy atom. The van der Waals surface area contributed by atoms with Crippen molar-refractivity contribution < 1.29 is 43.7 Å². The van der Waals surface area contributed by atoms with Crippen molar-refractivity contribution in [2.45, 2.75) is 0 Å². The molecule has 49 heavy (non-hydrogen) atoms. The number of rotatable bonds is 9. The highest BCUT2D eigenvalue weighted by Gasteiger charge is 2.68. The van der Waals surface area contributed by atoms with Gasteiger partial charge in [0.2, 0.25) is 0 Å². The summed E-state index contributed by atoms with van der Waals surface area (Å²) in [5.74, 6) is -0.702. The van der Waals surface area contributed by atoms with Crippen molar-refractivity contribution in [3.63, 3.8) is 0 Å². The van der Waals surface area contributed by atoms with Crippen molar-refractivity contribution in [3.05, 3.63) is 146 Å². The fourth-order valence-electron chi connectivity index (χ4n) is 6.06. The average Bonchev–Trinajstić information content (AvgIpc) is 3.08. The lowest BCUT2D eigenvalue weighted by atomic mass is 10.0. The van der Waals surface area contributed by atoms with Gasteiger partial charge in [0.1, 0.15) is 17.2 Å². The lowest BCUT2D eigenvalue weighted by Gasteiger charge is -2.30. The molecule has 6 aromatic rings. The molecule has 3 unspecified atom stereocenters. The number of aromatic hydroxyl groups is 3. The normalized spacial score (nSPS) is 15.0. The summed E-state index contributed by atoms with van der Waals surface area (Å²) in [5, 5.41) is 31.1. The number of hydrogen-bond acceptors (Lipinski definition) is 6. The van der Waals surface area contributed by atoms with Gasteiger partial charge in [-0.05, 0) is 34.9 Å². The number of phenols is 3. The monoisotopic (exact) mass is 726 g/mol. The van der Waals surface area contributed by atoms with E-state index in [1.807, 2.05) is 0 Å². The first-order valence-corrected chi connectivity index (χ1v) is 24.8. The lowest BCUT2D eigenvalue weighted by molar-refractivity contribution is 0.477. The average molecular weight is 727 g/mol. The molecule has 3 atom stereocenters. The fraction of sp³-hybridized carbons (Fsp3) is 0. The molecule has 9 nitrogen and oxygen atoms in total. The molecule has 13 heteroatoms. The van der Waals surface area contributed by atoms with Crippen LogP contribution in [0.1, 0.15) is 0 Å². The van der Waals surface area contributed by atoms with E-state index in [0.717, 1.165) is 0 Å². The molecule has 0 aliphatic rings. The summed E-state index contributed by atoms with van der Waals surface area (Å²) >= 11 is -4.95. The molecule has 6 rings (SSSR count). The maximum Gasteiger partial charge on any atom is 0.674 e. The van der Waals surface area contributed by atoms with Gasteiger partial charge in [0.25, 0.3) is 0 Å². The zero-order valence-electron chi connectivity index (χ0n) is 25.7. The molecule has 0 aliphatic carbocycles. The molecule has 6 N–H and O–H groups in total. The summed E-state index contributed by atoms with van der Waals surface area (Å²) < 4.78 is 45.8. The largest absolute Gasteiger partial charge is 0.674 e. The van der Waals surface area contributed by atoms with Crippen molar-refractivity contribution in [2.24, 2.45) is 0 Å². The fourth-order valence-corrected chi connectivity index (χ4v) is 36.9. The number of para-hydroxylation sites is 3. The molecule has 0 amide bonds. The summed E-state index contributed by atoms with van der Waals surface area (Å²) in [5.41, 5.74) is 0.574. The quantitative estimate of drug-likeness (QED) is 0.0687. The van der Waals surface area contributed by atoms with Gasteiger partial charge in [0.15, 0.2) is 18.0 Å². The van der Waals surface area contributed by atoms with Crippen LogP contribution in [0.3, 0.4) is 0 Å². The van der Waals surface area contributed by atoms with E-state index in [1.54, 1.807) is 54.6 Å². The Kier molecular flexibility index (Phi) is 9.64. The van der Waals surface area contributed by atoms with Gasteiger partial charge < -0.3 is 43.7 Å². The van der Waals surface area contributed by atoms with E-state index in [-0.39, 0.29) is 66.5 Å². The maximum atomic E-state index is 15.3. The van der Waals surface area contributed by atoms with Crippen LogP contribution >= 0.6 is 18.0 Å². The molecule has 0 saturated carbocycles. The maximum absolute atomic E-state index is 15.3. The predicted octanol–water partition coefficient (Wildman–Crippen LogP) is 6.88. The van der Waals surface area contributed by atoms with E-state index < -0.39 is 30.9 Å². The molecule has 0 fully saturated rings. The SMILES string of the molecule is O=[P](O)(c1ccccc1-c1ccccc1O)[Al]([P](=O)(O)c1ccccc1-c1ccccc1O)[P](=O)(O)c1ccccc1-c1ccccc1O. The van der Waals surface area contributed by atoms with Crippen LogP contribution in [0.2, 0.25) is 0 Å². The number of hydrogen-bond donors (Lipinski definition) is 6. The minimum Gasteiger partial charge on any atom is -0.507 e. The second-order valence-electron chi connectivity index (χ2n) is 11.3. The van der Waals surface area contributed by atoms with Crippen molar-refractivity contribution in [1.29, 1.82) is 0 Å². The highest BCUT2D eigenvalue weighted by molar-refractivity contribution is 8.47. The molecule has 246 valence electrons. The molecular weight excluding hydrogens is 696 g/mol. The van der Waals surface area contributed by atoms with Crippen LogP contribution < -0.4 is 15.9 Å². The van der Waals surface area contributed by atoms with Gasteiger partial charge in [0, 0.05) is 32.6 Å². The Bertz CT molecular complexity index is 2090. The molecule has 0 saturated heterocycles. The van der Waals surface area contributed by atoms with Gasteiger partial charge in [-0.25, -0.2) is 0 Å². The van der Waals surface area contributed by atoms with Gasteiger partial charge in [-0.3, -0.25) is 0 Å². The molecule has 0 aromatic heterocycles. The van der Waals surface area contributed by atoms with Crippen LogP contribution in [-0.4, -0.2) is 42.8 Å². The van der Waals surface area contributed by atoms with Crippen molar-refractivity contribution in [2.75, 3.05) is 0 Å². The Balaban J connectivity index is 1.68. The molecule has 0 heterocycles. The molecule has 0 spiro atoms. The minimum atomic E-state index is -5.32. The highest BCUT2D eigenvalue weighted by atomic mass is 31.8. The molecule has 0 radical (unpaired) electrons. The topological polar surface area (TPSA) is 173 Å². The first-order valence-electron chi connectivity index (χ1n) is 15.0. The number of phenolic OH excluding ortho intramolecular Hbond substituents is 3. The van der Waals surface area contributed by atoms with Crippen LogP contribution in [0, 0.1) is 0 Å². The third-order valence-corrected chi connectivity index (χ3v) is 38.4. The van der Waals surface area contributed by atoms with Gasteiger partial charge >= 0.3 is 12.8 Å². The third-order valence-electron chi connectivity index (χ3n) is 8.27. The Labute approximate surface area is 285 Å². The van der Waals surface area contributed by atoms with Crippen LogP contribution in [0.5, 0.6) is 17.2 Å². The third kappa shape index (κ3) is 6.36. The van der Waals surface area contributed by atoms with E-state index in [1.165, 1.54) is 91.0 Å². The van der Waals surface area contributed by atoms with Gasteiger partial charge in [-0.2, -0.15) is 0 Å². The van der Waals surface area contributed by atoms with E-state index in [9.17, 15) is 30.0 Å². The van der Waals surface area contributed by atoms with Crippen LogP contribution in [0.15, 0.2) is 146 Å². The van der Waals surface area contributed by atoms with Gasteiger partial charge in [0.05, 0.1) is 0 Å². The molecule has 6 aromatic carbocycles. The second kappa shape index (κ2) is 13.6. The summed E-state index contributed by atoms with van der Waals surface area (Å²) in [4.78, 5) is 37.1. The predicted molar refractivity (Wildman–Crippen MR) is 195 cm³/mol. The second-order valence-corrected chi connectivity index (χ2v) is 31.8. The number of benzene rings is 6. The van der Waals surface area contributed by atoms with Crippen LogP contribution in [0.4, 0.5) is 0 Å². The van der Waals surface area contributed by atoms with E-state index in [0.29, 0.717) is 0 Å². The first kappa shape index (κ1) is 34.7. The Morgan fingerprint density at radius 3 is 0.776 bits per heavy atom. The summed E-state index contributed by atoms with van der Waals surface area (Å²) in [6.45, 7) is 0. The van der Waals surface area contributed by atoms with Crippen molar-refractivity contribution in [1.82, 2.24) is 0 Å². The Morgan fingerprint density at radius 2 is 0.531 bits per heavy atom. The van der Waals surface area contributed by atoms with E-state index >= 15 is 13.7 Å². The smallest absolute Gasteiger partial charge is 0.507 e. The van der Waals surface area contributed by atoms with E-state index in [4.69, 9.17) is 0 Å². The lowest BCUT2D eigenvalue weighted by Crippen LogP contribution is -2.32. The van der Waals surface area contributed by atoms with Crippen LogP contribution in [0.25, 0.3) is 33.4 Å². The van der Waals surface area contributed by atoms with Crippen LogP contribution in [-0.2, 0) is 13.7 Å². The Hall–Kier alpha value is -4.18. The van der Waals surface area contributed by atoms with Crippen molar-refractivity contribution in [3.8, 4) is 50.6 Å². The van der Waals surface area contributed by atoms with Gasteiger partial charge in [-0.1, -0.05) is 127 Å². The standard InChI is InChI=1S/3C12H9O3P.Al/c3*13-11-7-3-1-5-9(11)10-6-2-4-8-12(10)16(14)15;/h3*1-8H,(H-,13,14,15);/q;;;-3/p+3. The van der Waals surface area contributed by atoms with Crippen molar-refractivity contribution >= 4 is 46.8 Å². The summed E-state index contributed by atoms with van der Waals surface area (Å²) in [6.07, 6.45) is 0. The summed E-state index contributed by atoms with van der Waals surface area (Å²) in [6, 6.07) is 19.3. The van der Waals surface area contributed by atoms with Gasteiger partial charge in [-0.15, -0.1) is 0 Å². The molecule has 0 bridgehead atoms. The molecule has 0 aliphatic heterocycles. The van der Waals surface area contributed by atoms with E-state index in [2.05, 4.69) is 0 Å². The first-order chi connectivity index (χ1) is 23.4. The zero-order chi connectivity index (χ0) is 35.0. The highest BCUT2D eigenvalue weighted by Crippen LogP contribution is 2.74. The molecular formula is C36H30AlO9P3.